The van der Waals surface area contributed by atoms with Crippen LogP contribution < -0.4 is 10.1 Å². The van der Waals surface area contributed by atoms with Gasteiger partial charge >= 0.3 is 0 Å². The maximum absolute atomic E-state index is 5.81. The summed E-state index contributed by atoms with van der Waals surface area (Å²) in [6, 6.07) is 17.2. The molecule has 0 aliphatic carbocycles. The van der Waals surface area contributed by atoms with Crippen molar-refractivity contribution in [1.82, 2.24) is 5.32 Å². The molecule has 0 bridgehead atoms. The molecule has 0 fully saturated rings. The highest BCUT2D eigenvalue weighted by Crippen LogP contribution is 2.30. The molecule has 0 aliphatic rings. The molecule has 0 aromatic heterocycles. The largest absolute Gasteiger partial charge is 0.491 e. The molecule has 0 saturated heterocycles. The zero-order chi connectivity index (χ0) is 15.2. The van der Waals surface area contributed by atoms with Crippen molar-refractivity contribution in [2.75, 3.05) is 6.54 Å². The van der Waals surface area contributed by atoms with Crippen molar-refractivity contribution in [3.8, 4) is 16.9 Å². The van der Waals surface area contributed by atoms with Crippen LogP contribution in [0.15, 0.2) is 48.5 Å². The molecule has 0 radical (unpaired) electrons. The molecule has 1 N–H and O–H groups in total. The fourth-order valence-corrected chi connectivity index (χ4v) is 2.56. The molecule has 112 valence electrons. The lowest BCUT2D eigenvalue weighted by molar-refractivity contribution is 0.242. The summed E-state index contributed by atoms with van der Waals surface area (Å²) >= 11 is 0. The molecule has 2 nitrogen and oxygen atoms in total. The molecule has 1 unspecified atom stereocenters. The van der Waals surface area contributed by atoms with Gasteiger partial charge in [0.2, 0.25) is 0 Å². The van der Waals surface area contributed by atoms with Crippen molar-refractivity contribution in [1.29, 1.82) is 0 Å². The van der Waals surface area contributed by atoms with Gasteiger partial charge in [-0.25, -0.2) is 0 Å². The van der Waals surface area contributed by atoms with Crippen molar-refractivity contribution < 1.29 is 4.74 Å². The van der Waals surface area contributed by atoms with Gasteiger partial charge in [-0.3, -0.25) is 0 Å². The van der Waals surface area contributed by atoms with Gasteiger partial charge in [0.15, 0.2) is 0 Å². The lowest BCUT2D eigenvalue weighted by atomic mass is 9.95. The molecule has 2 heteroatoms. The fraction of sp³-hybridized carbons (Fsp3) is 0.368. The van der Waals surface area contributed by atoms with Crippen LogP contribution in [0.4, 0.5) is 0 Å². The summed E-state index contributed by atoms with van der Waals surface area (Å²) in [7, 11) is 0. The van der Waals surface area contributed by atoms with Crippen molar-refractivity contribution >= 4 is 0 Å². The second-order valence-corrected chi connectivity index (χ2v) is 5.56. The van der Waals surface area contributed by atoms with Crippen LogP contribution in [-0.4, -0.2) is 12.6 Å². The number of hydrogen-bond donors (Lipinski definition) is 1. The van der Waals surface area contributed by atoms with Crippen LogP contribution in [0.1, 0.15) is 39.3 Å². The monoisotopic (exact) mass is 283 g/mol. The molecular weight excluding hydrogens is 258 g/mol. The van der Waals surface area contributed by atoms with Gasteiger partial charge in [-0.2, -0.15) is 0 Å². The normalized spacial score (nSPS) is 12.4. The average molecular weight is 283 g/mol. The van der Waals surface area contributed by atoms with Crippen molar-refractivity contribution in [3.05, 3.63) is 54.1 Å². The molecule has 0 heterocycles. The maximum Gasteiger partial charge on any atom is 0.120 e. The molecular formula is C19H25NO. The van der Waals surface area contributed by atoms with Crippen molar-refractivity contribution in [2.24, 2.45) is 0 Å². The van der Waals surface area contributed by atoms with E-state index in [4.69, 9.17) is 4.74 Å². The molecule has 2 rings (SSSR count). The van der Waals surface area contributed by atoms with Gasteiger partial charge < -0.3 is 10.1 Å². The topological polar surface area (TPSA) is 21.3 Å². The fourth-order valence-electron chi connectivity index (χ4n) is 2.56. The minimum absolute atomic E-state index is 0.191. The summed E-state index contributed by atoms with van der Waals surface area (Å²) in [5, 5.41) is 3.49. The van der Waals surface area contributed by atoms with Crippen LogP contribution in [0.5, 0.6) is 5.75 Å². The molecule has 2 aromatic carbocycles. The Kier molecular flexibility index (Phi) is 5.40. The van der Waals surface area contributed by atoms with E-state index >= 15 is 0 Å². The van der Waals surface area contributed by atoms with Crippen LogP contribution >= 0.6 is 0 Å². The Morgan fingerprint density at radius 1 is 1.00 bits per heavy atom. The predicted octanol–water partition coefficient (Wildman–Crippen LogP) is 4.81. The number of nitrogens with one attached hydrogen (secondary N) is 1. The van der Waals surface area contributed by atoms with E-state index in [1.165, 1.54) is 16.7 Å². The summed E-state index contributed by atoms with van der Waals surface area (Å²) in [5.74, 6) is 0.924. The van der Waals surface area contributed by atoms with Gasteiger partial charge in [0.25, 0.3) is 0 Å². The SMILES string of the molecule is CCNC(C)c1ccccc1-c1cccc(OC(C)C)c1. The highest BCUT2D eigenvalue weighted by molar-refractivity contribution is 5.69. The maximum atomic E-state index is 5.81. The number of benzene rings is 2. The summed E-state index contributed by atoms with van der Waals surface area (Å²) in [5.41, 5.74) is 3.79. The summed E-state index contributed by atoms with van der Waals surface area (Å²) in [4.78, 5) is 0. The molecule has 0 spiro atoms. The minimum Gasteiger partial charge on any atom is -0.491 e. The van der Waals surface area contributed by atoms with E-state index in [9.17, 15) is 0 Å². The van der Waals surface area contributed by atoms with Gasteiger partial charge in [0.05, 0.1) is 6.10 Å². The Hall–Kier alpha value is -1.80. The first-order chi connectivity index (χ1) is 10.1. The van der Waals surface area contributed by atoms with Crippen LogP contribution in [0, 0.1) is 0 Å². The molecule has 1 atom stereocenters. The number of hydrogen-bond acceptors (Lipinski definition) is 2. The van der Waals surface area contributed by atoms with E-state index < -0.39 is 0 Å². The summed E-state index contributed by atoms with van der Waals surface area (Å²) in [6.45, 7) is 9.40. The Morgan fingerprint density at radius 2 is 1.76 bits per heavy atom. The van der Waals surface area contributed by atoms with E-state index in [1.54, 1.807) is 0 Å². The third-order valence-corrected chi connectivity index (χ3v) is 3.45. The molecule has 21 heavy (non-hydrogen) atoms. The zero-order valence-electron chi connectivity index (χ0n) is 13.4. The molecule has 0 amide bonds. The van der Waals surface area contributed by atoms with Crippen molar-refractivity contribution in [2.45, 2.75) is 39.8 Å². The lowest BCUT2D eigenvalue weighted by Gasteiger charge is -2.18. The van der Waals surface area contributed by atoms with Crippen LogP contribution in [0.2, 0.25) is 0 Å². The van der Waals surface area contributed by atoms with E-state index in [-0.39, 0.29) is 6.10 Å². The third-order valence-electron chi connectivity index (χ3n) is 3.45. The highest BCUT2D eigenvalue weighted by Gasteiger charge is 2.11. The first-order valence-electron chi connectivity index (χ1n) is 7.71. The van der Waals surface area contributed by atoms with Crippen molar-refractivity contribution in [3.63, 3.8) is 0 Å². The Morgan fingerprint density at radius 3 is 2.48 bits per heavy atom. The van der Waals surface area contributed by atoms with Gasteiger partial charge in [0, 0.05) is 6.04 Å². The molecule has 0 saturated carbocycles. The molecule has 0 aliphatic heterocycles. The summed E-state index contributed by atoms with van der Waals surface area (Å²) in [6.07, 6.45) is 0.191. The second-order valence-electron chi connectivity index (χ2n) is 5.56. The predicted molar refractivity (Wildman–Crippen MR) is 89.7 cm³/mol. The van der Waals surface area contributed by atoms with E-state index in [0.717, 1.165) is 12.3 Å². The standard InChI is InChI=1S/C19H25NO/c1-5-20-15(4)18-11-6-7-12-19(18)16-9-8-10-17(13-16)21-14(2)3/h6-15,20H,5H2,1-4H3. The minimum atomic E-state index is 0.191. The van der Waals surface area contributed by atoms with E-state index in [1.807, 2.05) is 19.9 Å². The third kappa shape index (κ3) is 4.08. The lowest BCUT2D eigenvalue weighted by Crippen LogP contribution is -2.18. The second kappa shape index (κ2) is 7.28. The first-order valence-corrected chi connectivity index (χ1v) is 7.71. The van der Waals surface area contributed by atoms with Gasteiger partial charge in [-0.05, 0) is 56.1 Å². The van der Waals surface area contributed by atoms with Crippen LogP contribution in [0.25, 0.3) is 11.1 Å². The highest BCUT2D eigenvalue weighted by atomic mass is 16.5. The number of ether oxygens (including phenoxy) is 1. The molecule has 2 aromatic rings. The van der Waals surface area contributed by atoms with Crippen LogP contribution in [-0.2, 0) is 0 Å². The smallest absolute Gasteiger partial charge is 0.120 e. The Labute approximate surface area is 128 Å². The first kappa shape index (κ1) is 15.6. The van der Waals surface area contributed by atoms with E-state index in [0.29, 0.717) is 6.04 Å². The summed E-state index contributed by atoms with van der Waals surface area (Å²) < 4.78 is 5.81. The Balaban J connectivity index is 2.37. The quantitative estimate of drug-likeness (QED) is 0.821. The zero-order valence-corrected chi connectivity index (χ0v) is 13.4. The van der Waals surface area contributed by atoms with E-state index in [2.05, 4.69) is 61.6 Å². The number of rotatable bonds is 6. The van der Waals surface area contributed by atoms with Gasteiger partial charge in [-0.15, -0.1) is 0 Å². The van der Waals surface area contributed by atoms with Gasteiger partial charge in [0.1, 0.15) is 5.75 Å². The van der Waals surface area contributed by atoms with Crippen LogP contribution in [0.3, 0.4) is 0 Å². The van der Waals surface area contributed by atoms with Gasteiger partial charge in [-0.1, -0.05) is 43.3 Å². The average Bonchev–Trinajstić information content (AvgIpc) is 2.47. The Bertz CT molecular complexity index is 577.